The van der Waals surface area contributed by atoms with Gasteiger partial charge in [0.05, 0.1) is 5.69 Å². The summed E-state index contributed by atoms with van der Waals surface area (Å²) in [6.07, 6.45) is 8.12. The first-order valence-corrected chi connectivity index (χ1v) is 7.69. The maximum absolute atomic E-state index is 6.03. The second-order valence-electron chi connectivity index (χ2n) is 6.43. The lowest BCUT2D eigenvalue weighted by Gasteiger charge is -2.27. The SMILES string of the molecule is CC(C)N1CCCC1Cc1cn2c(n1)CCC(N)C2. The molecule has 4 nitrogen and oxygen atoms in total. The van der Waals surface area contributed by atoms with E-state index in [1.807, 2.05) is 0 Å². The van der Waals surface area contributed by atoms with Gasteiger partial charge in [-0.05, 0) is 39.7 Å². The molecule has 1 aromatic rings. The molecule has 0 amide bonds. The number of imidazole rings is 1. The molecule has 0 aromatic carbocycles. The van der Waals surface area contributed by atoms with Gasteiger partial charge >= 0.3 is 0 Å². The Morgan fingerprint density at radius 1 is 1.42 bits per heavy atom. The lowest BCUT2D eigenvalue weighted by atomic mass is 10.1. The lowest BCUT2D eigenvalue weighted by Crippen LogP contribution is -2.36. The van der Waals surface area contributed by atoms with E-state index in [0.29, 0.717) is 18.1 Å². The molecule has 0 radical (unpaired) electrons. The highest BCUT2D eigenvalue weighted by Crippen LogP contribution is 2.24. The van der Waals surface area contributed by atoms with E-state index in [1.54, 1.807) is 0 Å². The van der Waals surface area contributed by atoms with Crippen LogP contribution in [-0.4, -0.2) is 39.1 Å². The average Bonchev–Trinajstić information content (AvgIpc) is 2.95. The van der Waals surface area contributed by atoms with Crippen molar-refractivity contribution < 1.29 is 0 Å². The number of hydrogen-bond donors (Lipinski definition) is 1. The van der Waals surface area contributed by atoms with E-state index in [-0.39, 0.29) is 0 Å². The Hall–Kier alpha value is -0.870. The number of aromatic nitrogens is 2. The smallest absolute Gasteiger partial charge is 0.109 e. The monoisotopic (exact) mass is 262 g/mol. The van der Waals surface area contributed by atoms with Gasteiger partial charge in [0, 0.05) is 43.7 Å². The highest BCUT2D eigenvalue weighted by molar-refractivity contribution is 5.09. The fourth-order valence-corrected chi connectivity index (χ4v) is 3.63. The quantitative estimate of drug-likeness (QED) is 0.899. The topological polar surface area (TPSA) is 47.1 Å². The molecule has 2 aliphatic rings. The van der Waals surface area contributed by atoms with Crippen molar-refractivity contribution in [2.24, 2.45) is 5.73 Å². The van der Waals surface area contributed by atoms with Gasteiger partial charge in [-0.25, -0.2) is 4.98 Å². The van der Waals surface area contributed by atoms with E-state index >= 15 is 0 Å². The molecule has 2 unspecified atom stereocenters. The second-order valence-corrected chi connectivity index (χ2v) is 6.43. The fourth-order valence-electron chi connectivity index (χ4n) is 3.63. The third kappa shape index (κ3) is 2.70. The Morgan fingerprint density at radius 3 is 3.05 bits per heavy atom. The number of hydrogen-bond acceptors (Lipinski definition) is 3. The lowest BCUT2D eigenvalue weighted by molar-refractivity contribution is 0.202. The van der Waals surface area contributed by atoms with Crippen LogP contribution in [-0.2, 0) is 19.4 Å². The fraction of sp³-hybridized carbons (Fsp3) is 0.800. The largest absolute Gasteiger partial charge is 0.333 e. The van der Waals surface area contributed by atoms with Crippen LogP contribution in [0.3, 0.4) is 0 Å². The molecular formula is C15H26N4. The first kappa shape index (κ1) is 13.1. The molecule has 1 saturated heterocycles. The van der Waals surface area contributed by atoms with Crippen LogP contribution in [0.25, 0.3) is 0 Å². The average molecular weight is 262 g/mol. The zero-order chi connectivity index (χ0) is 13.4. The van der Waals surface area contributed by atoms with E-state index in [0.717, 1.165) is 25.8 Å². The van der Waals surface area contributed by atoms with Crippen molar-refractivity contribution >= 4 is 0 Å². The number of nitrogens with two attached hydrogens (primary N) is 1. The van der Waals surface area contributed by atoms with Crippen LogP contribution < -0.4 is 5.73 Å². The molecular weight excluding hydrogens is 236 g/mol. The van der Waals surface area contributed by atoms with Crippen LogP contribution in [0, 0.1) is 0 Å². The zero-order valence-electron chi connectivity index (χ0n) is 12.2. The van der Waals surface area contributed by atoms with Gasteiger partial charge in [0.2, 0.25) is 0 Å². The number of fused-ring (bicyclic) bond motifs is 1. The molecule has 1 aromatic heterocycles. The Bertz CT molecular complexity index is 437. The molecule has 0 spiro atoms. The van der Waals surface area contributed by atoms with Crippen molar-refractivity contribution in [1.82, 2.24) is 14.5 Å². The molecule has 4 heteroatoms. The van der Waals surface area contributed by atoms with Gasteiger partial charge in [0.25, 0.3) is 0 Å². The van der Waals surface area contributed by atoms with Crippen LogP contribution in [0.1, 0.15) is 44.6 Å². The third-order valence-electron chi connectivity index (χ3n) is 4.61. The summed E-state index contributed by atoms with van der Waals surface area (Å²) in [5.41, 5.74) is 7.29. The van der Waals surface area contributed by atoms with Crippen LogP contribution in [0.2, 0.25) is 0 Å². The molecule has 19 heavy (non-hydrogen) atoms. The van der Waals surface area contributed by atoms with Gasteiger partial charge in [0.1, 0.15) is 5.82 Å². The normalized spacial score (nSPS) is 28.0. The van der Waals surface area contributed by atoms with Crippen molar-refractivity contribution in [3.63, 3.8) is 0 Å². The Balaban J connectivity index is 1.70. The number of likely N-dealkylation sites (tertiary alicyclic amines) is 1. The zero-order valence-corrected chi connectivity index (χ0v) is 12.2. The molecule has 106 valence electrons. The molecule has 3 heterocycles. The summed E-state index contributed by atoms with van der Waals surface area (Å²) < 4.78 is 2.28. The Labute approximate surface area is 116 Å². The Morgan fingerprint density at radius 2 is 2.26 bits per heavy atom. The minimum Gasteiger partial charge on any atom is -0.333 e. The van der Waals surface area contributed by atoms with Gasteiger partial charge in [-0.3, -0.25) is 4.90 Å². The third-order valence-corrected chi connectivity index (χ3v) is 4.61. The van der Waals surface area contributed by atoms with Gasteiger partial charge in [0.15, 0.2) is 0 Å². The van der Waals surface area contributed by atoms with Crippen molar-refractivity contribution in [2.45, 2.75) is 70.6 Å². The van der Waals surface area contributed by atoms with Gasteiger partial charge in [-0.2, -0.15) is 0 Å². The molecule has 2 aliphatic heterocycles. The van der Waals surface area contributed by atoms with Gasteiger partial charge in [-0.15, -0.1) is 0 Å². The highest BCUT2D eigenvalue weighted by atomic mass is 15.2. The van der Waals surface area contributed by atoms with E-state index in [4.69, 9.17) is 10.7 Å². The van der Waals surface area contributed by atoms with Crippen LogP contribution in [0.15, 0.2) is 6.20 Å². The standard InChI is InChI=1S/C15H26N4/c1-11(2)19-7-3-4-14(19)8-13-10-18-9-12(16)5-6-15(18)17-13/h10-12,14H,3-9,16H2,1-2H3. The van der Waals surface area contributed by atoms with Crippen LogP contribution in [0.4, 0.5) is 0 Å². The Kier molecular flexibility index (Phi) is 3.63. The van der Waals surface area contributed by atoms with Crippen molar-refractivity contribution in [3.8, 4) is 0 Å². The van der Waals surface area contributed by atoms with Crippen LogP contribution in [0.5, 0.6) is 0 Å². The van der Waals surface area contributed by atoms with E-state index in [2.05, 4.69) is 29.5 Å². The number of rotatable bonds is 3. The minimum absolute atomic E-state index is 0.313. The number of nitrogens with zero attached hydrogens (tertiary/aromatic N) is 3. The summed E-state index contributed by atoms with van der Waals surface area (Å²) in [5, 5.41) is 0. The first-order valence-electron chi connectivity index (χ1n) is 7.69. The molecule has 3 rings (SSSR count). The maximum Gasteiger partial charge on any atom is 0.109 e. The van der Waals surface area contributed by atoms with E-state index in [9.17, 15) is 0 Å². The molecule has 1 fully saturated rings. The van der Waals surface area contributed by atoms with Gasteiger partial charge in [-0.1, -0.05) is 0 Å². The summed E-state index contributed by atoms with van der Waals surface area (Å²) in [7, 11) is 0. The van der Waals surface area contributed by atoms with E-state index in [1.165, 1.54) is 30.9 Å². The van der Waals surface area contributed by atoms with Crippen molar-refractivity contribution in [2.75, 3.05) is 6.54 Å². The summed E-state index contributed by atoms with van der Waals surface area (Å²) in [6.45, 7) is 6.80. The maximum atomic E-state index is 6.03. The second kappa shape index (κ2) is 5.25. The summed E-state index contributed by atoms with van der Waals surface area (Å²) in [4.78, 5) is 7.45. The highest BCUT2D eigenvalue weighted by Gasteiger charge is 2.28. The predicted molar refractivity (Wildman–Crippen MR) is 77.1 cm³/mol. The summed E-state index contributed by atoms with van der Waals surface area (Å²) in [5.74, 6) is 1.24. The molecule has 2 atom stereocenters. The van der Waals surface area contributed by atoms with E-state index < -0.39 is 0 Å². The molecule has 2 N–H and O–H groups in total. The van der Waals surface area contributed by atoms with Crippen LogP contribution >= 0.6 is 0 Å². The van der Waals surface area contributed by atoms with Crippen molar-refractivity contribution in [3.05, 3.63) is 17.7 Å². The van der Waals surface area contributed by atoms with Crippen molar-refractivity contribution in [1.29, 1.82) is 0 Å². The predicted octanol–water partition coefficient (Wildman–Crippen LogP) is 1.57. The number of aryl methyl sites for hydroxylation is 1. The van der Waals surface area contributed by atoms with Gasteiger partial charge < -0.3 is 10.3 Å². The minimum atomic E-state index is 0.313. The molecule has 0 saturated carbocycles. The summed E-state index contributed by atoms with van der Waals surface area (Å²) in [6, 6.07) is 1.65. The summed E-state index contributed by atoms with van der Waals surface area (Å²) >= 11 is 0. The molecule has 0 bridgehead atoms. The first-order chi connectivity index (χ1) is 9.13. The molecule has 0 aliphatic carbocycles.